The van der Waals surface area contributed by atoms with Crippen molar-refractivity contribution in [2.24, 2.45) is 0 Å². The maximum Gasteiger partial charge on any atom is 0.223 e. The fraction of sp³-hybridized carbons (Fsp3) is 0.263. The molecule has 2 aromatic carbocycles. The van der Waals surface area contributed by atoms with E-state index in [0.29, 0.717) is 17.9 Å². The molecule has 1 heterocycles. The lowest BCUT2D eigenvalue weighted by Gasteiger charge is -2.13. The molecule has 0 saturated heterocycles. The van der Waals surface area contributed by atoms with Gasteiger partial charge < -0.3 is 10.4 Å². The van der Waals surface area contributed by atoms with E-state index in [1.54, 1.807) is 12.1 Å². The van der Waals surface area contributed by atoms with Crippen LogP contribution in [0.3, 0.4) is 0 Å². The highest BCUT2D eigenvalue weighted by atomic mass is 79.9. The van der Waals surface area contributed by atoms with Gasteiger partial charge in [0.1, 0.15) is 5.82 Å². The van der Waals surface area contributed by atoms with Crippen molar-refractivity contribution in [2.75, 3.05) is 18.5 Å². The molecular formula is C19H21BrFN3O. The summed E-state index contributed by atoms with van der Waals surface area (Å²) < 4.78 is 14.1. The molecule has 0 amide bonds. The van der Waals surface area contributed by atoms with Crippen LogP contribution in [0, 0.1) is 5.82 Å². The van der Waals surface area contributed by atoms with E-state index >= 15 is 0 Å². The number of benzene rings is 2. The molecule has 0 unspecified atom stereocenters. The van der Waals surface area contributed by atoms with E-state index in [0.717, 1.165) is 22.3 Å². The first-order chi connectivity index (χ1) is 11.6. The minimum atomic E-state index is -0.244. The first-order valence-corrected chi connectivity index (χ1v) is 8.01. The van der Waals surface area contributed by atoms with Crippen molar-refractivity contribution in [3.63, 3.8) is 0 Å². The SMILES string of the molecule is Br.CC(C)c1cc(-c2ccc(F)c3ccccc23)nc(NCCO)n1. The maximum atomic E-state index is 14.1. The van der Waals surface area contributed by atoms with Crippen LogP contribution >= 0.6 is 17.0 Å². The van der Waals surface area contributed by atoms with E-state index in [1.807, 2.05) is 24.3 Å². The predicted octanol–water partition coefficient (Wildman–Crippen LogP) is 4.54. The fourth-order valence-corrected chi connectivity index (χ4v) is 2.63. The van der Waals surface area contributed by atoms with Gasteiger partial charge in [0.15, 0.2) is 0 Å². The van der Waals surface area contributed by atoms with Gasteiger partial charge in [-0.15, -0.1) is 17.0 Å². The molecule has 4 nitrogen and oxygen atoms in total. The molecule has 25 heavy (non-hydrogen) atoms. The molecule has 0 saturated carbocycles. The number of nitrogens with one attached hydrogen (secondary N) is 1. The summed E-state index contributed by atoms with van der Waals surface area (Å²) in [6, 6.07) is 12.5. The van der Waals surface area contributed by atoms with Gasteiger partial charge in [0.25, 0.3) is 0 Å². The van der Waals surface area contributed by atoms with E-state index < -0.39 is 0 Å². The molecule has 0 fully saturated rings. The van der Waals surface area contributed by atoms with Gasteiger partial charge in [-0.05, 0) is 29.5 Å². The molecule has 0 aliphatic rings. The van der Waals surface area contributed by atoms with Crippen LogP contribution in [0.25, 0.3) is 22.0 Å². The Hall–Kier alpha value is -2.05. The first-order valence-electron chi connectivity index (χ1n) is 8.01. The lowest BCUT2D eigenvalue weighted by atomic mass is 10.00. The minimum Gasteiger partial charge on any atom is -0.395 e. The Labute approximate surface area is 156 Å². The third kappa shape index (κ3) is 4.14. The second-order valence-electron chi connectivity index (χ2n) is 5.95. The molecule has 0 aliphatic heterocycles. The van der Waals surface area contributed by atoms with Gasteiger partial charge in [0.2, 0.25) is 5.95 Å². The standard InChI is InChI=1S/C19H20FN3O.BrH/c1-12(2)17-11-18(23-19(22-17)21-9-10-24)15-7-8-16(20)14-6-4-3-5-13(14)15;/h3-8,11-12,24H,9-10H2,1-2H3,(H,21,22,23);1H. The van der Waals surface area contributed by atoms with Crippen LogP contribution in [-0.2, 0) is 0 Å². The summed E-state index contributed by atoms with van der Waals surface area (Å²) in [7, 11) is 0. The Bertz CT molecular complexity index is 870. The third-order valence-corrected chi connectivity index (χ3v) is 3.88. The Morgan fingerprint density at radius 3 is 2.48 bits per heavy atom. The molecule has 2 N–H and O–H groups in total. The van der Waals surface area contributed by atoms with Crippen molar-refractivity contribution in [3.8, 4) is 11.3 Å². The molecule has 0 atom stereocenters. The van der Waals surface area contributed by atoms with Gasteiger partial charge in [-0.3, -0.25) is 0 Å². The Morgan fingerprint density at radius 1 is 1.08 bits per heavy atom. The van der Waals surface area contributed by atoms with Crippen molar-refractivity contribution in [3.05, 3.63) is 54.0 Å². The highest BCUT2D eigenvalue weighted by Gasteiger charge is 2.13. The number of aromatic nitrogens is 2. The number of hydrogen-bond donors (Lipinski definition) is 2. The second kappa shape index (κ2) is 8.36. The number of fused-ring (bicyclic) bond motifs is 1. The molecule has 0 bridgehead atoms. The molecule has 3 rings (SSSR count). The van der Waals surface area contributed by atoms with Gasteiger partial charge in [-0.2, -0.15) is 0 Å². The zero-order chi connectivity index (χ0) is 17.1. The van der Waals surface area contributed by atoms with Crippen molar-refractivity contribution < 1.29 is 9.50 Å². The normalized spacial score (nSPS) is 10.8. The molecule has 1 aromatic heterocycles. The van der Waals surface area contributed by atoms with E-state index in [-0.39, 0.29) is 35.3 Å². The van der Waals surface area contributed by atoms with Crippen molar-refractivity contribution in [2.45, 2.75) is 19.8 Å². The quantitative estimate of drug-likeness (QED) is 0.653. The summed E-state index contributed by atoms with van der Waals surface area (Å²) >= 11 is 0. The Balaban J connectivity index is 0.00000225. The molecule has 0 radical (unpaired) electrons. The monoisotopic (exact) mass is 405 g/mol. The molecule has 132 valence electrons. The zero-order valence-electron chi connectivity index (χ0n) is 14.2. The van der Waals surface area contributed by atoms with Crippen LogP contribution < -0.4 is 5.32 Å². The Morgan fingerprint density at radius 2 is 1.80 bits per heavy atom. The summed E-state index contributed by atoms with van der Waals surface area (Å²) in [6.45, 7) is 4.50. The third-order valence-electron chi connectivity index (χ3n) is 3.88. The number of anilines is 1. The van der Waals surface area contributed by atoms with Crippen LogP contribution in [0.1, 0.15) is 25.5 Å². The van der Waals surface area contributed by atoms with Gasteiger partial charge in [-0.25, -0.2) is 14.4 Å². The van der Waals surface area contributed by atoms with Crippen molar-refractivity contribution in [1.29, 1.82) is 0 Å². The largest absolute Gasteiger partial charge is 0.395 e. The maximum absolute atomic E-state index is 14.1. The molecular weight excluding hydrogens is 385 g/mol. The molecule has 3 aromatic rings. The van der Waals surface area contributed by atoms with Gasteiger partial charge in [0.05, 0.1) is 12.3 Å². The molecule has 6 heteroatoms. The minimum absolute atomic E-state index is 0. The van der Waals surface area contributed by atoms with Crippen LogP contribution in [0.4, 0.5) is 10.3 Å². The predicted molar refractivity (Wildman–Crippen MR) is 105 cm³/mol. The fourth-order valence-electron chi connectivity index (χ4n) is 2.63. The number of hydrogen-bond acceptors (Lipinski definition) is 4. The average Bonchev–Trinajstić information content (AvgIpc) is 2.60. The summed E-state index contributed by atoms with van der Waals surface area (Å²) in [6.07, 6.45) is 0. The topological polar surface area (TPSA) is 58.0 Å². The lowest BCUT2D eigenvalue weighted by molar-refractivity contribution is 0.311. The highest BCUT2D eigenvalue weighted by molar-refractivity contribution is 8.93. The van der Waals surface area contributed by atoms with Crippen molar-refractivity contribution in [1.82, 2.24) is 9.97 Å². The van der Waals surface area contributed by atoms with Gasteiger partial charge >= 0.3 is 0 Å². The summed E-state index contributed by atoms with van der Waals surface area (Å²) in [5.41, 5.74) is 2.50. The van der Waals surface area contributed by atoms with Crippen LogP contribution in [-0.4, -0.2) is 28.2 Å². The number of aliphatic hydroxyl groups excluding tert-OH is 1. The van der Waals surface area contributed by atoms with Gasteiger partial charge in [0, 0.05) is 23.2 Å². The second-order valence-corrected chi connectivity index (χ2v) is 5.95. The smallest absolute Gasteiger partial charge is 0.223 e. The van der Waals surface area contributed by atoms with Crippen LogP contribution in [0.5, 0.6) is 0 Å². The van der Waals surface area contributed by atoms with Crippen LogP contribution in [0.15, 0.2) is 42.5 Å². The molecule has 0 aliphatic carbocycles. The summed E-state index contributed by atoms with van der Waals surface area (Å²) in [5.74, 6) is 0.456. The van der Waals surface area contributed by atoms with E-state index in [1.165, 1.54) is 6.07 Å². The number of rotatable bonds is 5. The van der Waals surface area contributed by atoms with Crippen LogP contribution in [0.2, 0.25) is 0 Å². The highest BCUT2D eigenvalue weighted by Crippen LogP contribution is 2.31. The van der Waals surface area contributed by atoms with E-state index in [2.05, 4.69) is 29.1 Å². The number of halogens is 2. The van der Waals surface area contributed by atoms with E-state index in [9.17, 15) is 4.39 Å². The number of nitrogens with zero attached hydrogens (tertiary/aromatic N) is 2. The van der Waals surface area contributed by atoms with E-state index in [4.69, 9.17) is 5.11 Å². The van der Waals surface area contributed by atoms with Gasteiger partial charge in [-0.1, -0.05) is 38.1 Å². The average molecular weight is 406 g/mol. The Kier molecular flexibility index (Phi) is 6.45. The lowest BCUT2D eigenvalue weighted by Crippen LogP contribution is -2.10. The first kappa shape index (κ1) is 19.3. The number of aliphatic hydroxyl groups is 1. The zero-order valence-corrected chi connectivity index (χ0v) is 15.9. The summed E-state index contributed by atoms with van der Waals surface area (Å²) in [5, 5.41) is 13.4. The van der Waals surface area contributed by atoms with Crippen molar-refractivity contribution >= 4 is 33.7 Å². The molecule has 0 spiro atoms. The summed E-state index contributed by atoms with van der Waals surface area (Å²) in [4.78, 5) is 9.03.